The normalized spacial score (nSPS) is 19.4. The van der Waals surface area contributed by atoms with Gasteiger partial charge in [0.1, 0.15) is 0 Å². The van der Waals surface area contributed by atoms with Crippen molar-refractivity contribution in [3.05, 3.63) is 0 Å². The molecule has 1 rings (SSSR count). The lowest BCUT2D eigenvalue weighted by Crippen LogP contribution is -2.47. The highest BCUT2D eigenvalue weighted by molar-refractivity contribution is 7.98. The first-order valence-corrected chi connectivity index (χ1v) is 7.67. The van der Waals surface area contributed by atoms with Crippen LogP contribution in [0.1, 0.15) is 32.1 Å². The van der Waals surface area contributed by atoms with E-state index in [9.17, 15) is 14.7 Å². The average molecular weight is 274 g/mol. The Morgan fingerprint density at radius 3 is 2.56 bits per heavy atom. The van der Waals surface area contributed by atoms with Gasteiger partial charge in [-0.2, -0.15) is 11.8 Å². The fourth-order valence-corrected chi connectivity index (χ4v) is 2.77. The number of hydrogen-bond acceptors (Lipinski definition) is 4. The third-order valence-corrected chi connectivity index (χ3v) is 4.23. The Morgan fingerprint density at radius 2 is 2.06 bits per heavy atom. The molecule has 18 heavy (non-hydrogen) atoms. The van der Waals surface area contributed by atoms with Gasteiger partial charge in [0.2, 0.25) is 5.91 Å². The summed E-state index contributed by atoms with van der Waals surface area (Å²) in [6.07, 6.45) is 5.70. The lowest BCUT2D eigenvalue weighted by Gasteiger charge is -2.24. The van der Waals surface area contributed by atoms with Gasteiger partial charge in [-0.15, -0.1) is 0 Å². The van der Waals surface area contributed by atoms with Gasteiger partial charge in [0.15, 0.2) is 0 Å². The van der Waals surface area contributed by atoms with Crippen LogP contribution in [0.5, 0.6) is 0 Å². The van der Waals surface area contributed by atoms with Crippen LogP contribution in [0.25, 0.3) is 0 Å². The molecule has 0 saturated heterocycles. The Morgan fingerprint density at radius 1 is 1.44 bits per heavy atom. The van der Waals surface area contributed by atoms with Crippen LogP contribution in [0.15, 0.2) is 0 Å². The van der Waals surface area contributed by atoms with Crippen molar-refractivity contribution in [2.24, 2.45) is 11.1 Å². The van der Waals surface area contributed by atoms with Crippen LogP contribution in [0.4, 0.5) is 0 Å². The summed E-state index contributed by atoms with van der Waals surface area (Å²) < 4.78 is 0. The summed E-state index contributed by atoms with van der Waals surface area (Å²) in [4.78, 5) is 23.0. The van der Waals surface area contributed by atoms with Crippen LogP contribution in [0.2, 0.25) is 0 Å². The van der Waals surface area contributed by atoms with Crippen LogP contribution in [0, 0.1) is 5.41 Å². The van der Waals surface area contributed by atoms with E-state index in [0.717, 1.165) is 18.6 Å². The fraction of sp³-hybridized carbons (Fsp3) is 0.833. The Balaban J connectivity index is 2.43. The number of amides is 1. The summed E-state index contributed by atoms with van der Waals surface area (Å²) in [6.45, 7) is 0.203. The number of carbonyl (C=O) groups is 2. The molecule has 6 heteroatoms. The molecule has 0 aromatic carbocycles. The Labute approximate surface area is 112 Å². The van der Waals surface area contributed by atoms with Gasteiger partial charge in [-0.05, 0) is 31.3 Å². The molecule has 0 aromatic rings. The van der Waals surface area contributed by atoms with Gasteiger partial charge in [0.25, 0.3) is 0 Å². The summed E-state index contributed by atoms with van der Waals surface area (Å²) in [5, 5.41) is 12.0. The van der Waals surface area contributed by atoms with E-state index in [1.165, 1.54) is 0 Å². The Hall–Kier alpha value is -0.750. The molecule has 104 valence electrons. The first-order valence-electron chi connectivity index (χ1n) is 6.27. The van der Waals surface area contributed by atoms with E-state index in [-0.39, 0.29) is 12.5 Å². The van der Waals surface area contributed by atoms with Crippen LogP contribution in [-0.4, -0.2) is 41.6 Å². The summed E-state index contributed by atoms with van der Waals surface area (Å²) in [5.41, 5.74) is 4.97. The predicted molar refractivity (Wildman–Crippen MR) is 72.5 cm³/mol. The van der Waals surface area contributed by atoms with Crippen LogP contribution < -0.4 is 11.1 Å². The van der Waals surface area contributed by atoms with Gasteiger partial charge in [-0.3, -0.25) is 9.59 Å². The Bertz CT molecular complexity index is 304. The minimum atomic E-state index is -0.807. The predicted octanol–water partition coefficient (Wildman–Crippen LogP) is 0.828. The van der Waals surface area contributed by atoms with E-state index in [0.29, 0.717) is 19.3 Å². The monoisotopic (exact) mass is 274 g/mol. The number of carbonyl (C=O) groups excluding carboxylic acids is 1. The van der Waals surface area contributed by atoms with Crippen LogP contribution in [0.3, 0.4) is 0 Å². The van der Waals surface area contributed by atoms with Crippen molar-refractivity contribution in [3.63, 3.8) is 0 Å². The first kappa shape index (κ1) is 15.3. The topological polar surface area (TPSA) is 92.4 Å². The number of thioether (sulfide) groups is 1. The van der Waals surface area contributed by atoms with Crippen molar-refractivity contribution < 1.29 is 14.7 Å². The molecular weight excluding hydrogens is 252 g/mol. The maximum Gasteiger partial charge on any atom is 0.311 e. The largest absolute Gasteiger partial charge is 0.481 e. The van der Waals surface area contributed by atoms with E-state index >= 15 is 0 Å². The SMILES string of the molecule is CSCC[C@@H](N)C(=O)NCC1(C(=O)O)CCCC1. The standard InChI is InChI=1S/C12H22N2O3S/c1-18-7-4-9(13)10(15)14-8-12(11(16)17)5-2-3-6-12/h9H,2-8,13H2,1H3,(H,14,15)(H,16,17)/t9-/m1/s1. The van der Waals surface area contributed by atoms with Crippen LogP contribution >= 0.6 is 11.8 Å². The zero-order valence-electron chi connectivity index (χ0n) is 10.8. The number of nitrogens with two attached hydrogens (primary N) is 1. The maximum atomic E-state index is 11.7. The van der Waals surface area contributed by atoms with Crippen molar-refractivity contribution >= 4 is 23.6 Å². The first-order chi connectivity index (χ1) is 8.52. The molecule has 0 spiro atoms. The number of hydrogen-bond donors (Lipinski definition) is 3. The third-order valence-electron chi connectivity index (χ3n) is 3.59. The molecule has 5 nitrogen and oxygen atoms in total. The molecule has 1 amide bonds. The zero-order valence-corrected chi connectivity index (χ0v) is 11.6. The summed E-state index contributed by atoms with van der Waals surface area (Å²) in [7, 11) is 0. The second-order valence-electron chi connectivity index (χ2n) is 4.90. The van der Waals surface area contributed by atoms with Gasteiger partial charge in [0.05, 0.1) is 11.5 Å². The highest BCUT2D eigenvalue weighted by Gasteiger charge is 2.41. The van der Waals surface area contributed by atoms with Crippen molar-refractivity contribution in [1.29, 1.82) is 0 Å². The van der Waals surface area contributed by atoms with Crippen molar-refractivity contribution in [1.82, 2.24) is 5.32 Å². The number of rotatable bonds is 7. The van der Waals surface area contributed by atoms with Crippen LogP contribution in [-0.2, 0) is 9.59 Å². The minimum Gasteiger partial charge on any atom is -0.481 e. The average Bonchev–Trinajstić information content (AvgIpc) is 2.83. The van der Waals surface area contributed by atoms with E-state index in [4.69, 9.17) is 5.73 Å². The molecule has 0 aromatic heterocycles. The number of carboxylic acids is 1. The lowest BCUT2D eigenvalue weighted by molar-refractivity contribution is -0.148. The van der Waals surface area contributed by atoms with Crippen molar-refractivity contribution in [3.8, 4) is 0 Å². The van der Waals surface area contributed by atoms with Crippen molar-refractivity contribution in [2.75, 3.05) is 18.6 Å². The van der Waals surface area contributed by atoms with E-state index in [2.05, 4.69) is 5.32 Å². The molecule has 0 aliphatic heterocycles. The fourth-order valence-electron chi connectivity index (χ4n) is 2.28. The highest BCUT2D eigenvalue weighted by atomic mass is 32.2. The van der Waals surface area contributed by atoms with Gasteiger partial charge in [0, 0.05) is 6.54 Å². The third kappa shape index (κ3) is 3.88. The summed E-state index contributed by atoms with van der Waals surface area (Å²) >= 11 is 1.64. The second-order valence-corrected chi connectivity index (χ2v) is 5.88. The van der Waals surface area contributed by atoms with Gasteiger partial charge < -0.3 is 16.2 Å². The number of aliphatic carboxylic acids is 1. The number of nitrogens with one attached hydrogen (secondary N) is 1. The molecule has 1 aliphatic carbocycles. The Kier molecular flexibility index (Phi) is 5.95. The smallest absolute Gasteiger partial charge is 0.311 e. The second kappa shape index (κ2) is 6.99. The molecule has 4 N–H and O–H groups in total. The molecule has 1 atom stereocenters. The van der Waals surface area contributed by atoms with Gasteiger partial charge in [-0.1, -0.05) is 12.8 Å². The van der Waals surface area contributed by atoms with E-state index in [1.807, 2.05) is 6.26 Å². The maximum absolute atomic E-state index is 11.7. The molecule has 1 fully saturated rings. The van der Waals surface area contributed by atoms with Gasteiger partial charge in [-0.25, -0.2) is 0 Å². The molecular formula is C12H22N2O3S. The molecule has 0 unspecified atom stereocenters. The summed E-state index contributed by atoms with van der Waals surface area (Å²) in [6, 6.07) is -0.537. The quantitative estimate of drug-likeness (QED) is 0.639. The number of carboxylic acid groups (broad SMARTS) is 1. The lowest BCUT2D eigenvalue weighted by atomic mass is 9.86. The molecule has 1 aliphatic rings. The van der Waals surface area contributed by atoms with Gasteiger partial charge >= 0.3 is 5.97 Å². The molecule has 0 bridgehead atoms. The van der Waals surface area contributed by atoms with Crippen molar-refractivity contribution in [2.45, 2.75) is 38.1 Å². The highest BCUT2D eigenvalue weighted by Crippen LogP contribution is 2.37. The summed E-state index contributed by atoms with van der Waals surface area (Å²) in [5.74, 6) is -0.215. The molecule has 0 radical (unpaired) electrons. The van der Waals surface area contributed by atoms with E-state index in [1.54, 1.807) is 11.8 Å². The minimum absolute atomic E-state index is 0.203. The molecule has 1 saturated carbocycles. The molecule has 0 heterocycles. The zero-order chi connectivity index (χ0) is 13.6. The van der Waals surface area contributed by atoms with E-state index < -0.39 is 17.4 Å².